The number of ether oxygens (including phenoxy) is 2. The number of carbonyl (C=O) groups is 1. The zero-order valence-corrected chi connectivity index (χ0v) is 25.7. The summed E-state index contributed by atoms with van der Waals surface area (Å²) in [7, 11) is 7.64. The van der Waals surface area contributed by atoms with E-state index in [-0.39, 0.29) is 23.0 Å². The fourth-order valence-electron chi connectivity index (χ4n) is 4.72. The van der Waals surface area contributed by atoms with Crippen LogP contribution in [0.3, 0.4) is 0 Å². The molecule has 2 aromatic heterocycles. The van der Waals surface area contributed by atoms with Crippen LogP contribution in [0, 0.1) is 0 Å². The van der Waals surface area contributed by atoms with Crippen LogP contribution in [-0.4, -0.2) is 79.8 Å². The number of nitrogen functional groups attached to an aromatic ring is 1. The number of hydrogen-bond acceptors (Lipinski definition) is 11. The van der Waals surface area contributed by atoms with Crippen molar-refractivity contribution in [3.63, 3.8) is 0 Å². The summed E-state index contributed by atoms with van der Waals surface area (Å²) in [5.41, 5.74) is 10.0. The average molecular weight is 583 g/mol. The zero-order valence-electron chi connectivity index (χ0n) is 24.9. The highest BCUT2D eigenvalue weighted by Crippen LogP contribution is 2.44. The number of hydrogen-bond donors (Lipinski definition) is 2. The molecule has 0 bridgehead atoms. The lowest BCUT2D eigenvalue weighted by Crippen LogP contribution is -2.29. The molecule has 220 valence electrons. The number of pyridine rings is 1. The van der Waals surface area contributed by atoms with Gasteiger partial charge < -0.3 is 35.2 Å². The standard InChI is InChI=1S/C29H39ClN8O3/c1-17(2)41-27(39)18-15-32-28(35-26(18)38-16-29(3,4)25-21(38)9-10-24(30)34-25)33-20-13-19(31)22(14-23(20)40-8)37(7)12-11-36(5)6/h9-10,13-15,17H,11-12,16,31H2,1-8H3,(H,32,33,35). The first-order valence-corrected chi connectivity index (χ1v) is 13.8. The maximum atomic E-state index is 13.1. The number of likely N-dealkylation sites (N-methyl/N-ethyl adjacent to an activating group) is 2. The molecule has 1 aromatic carbocycles. The summed E-state index contributed by atoms with van der Waals surface area (Å²) < 4.78 is 11.2. The second-order valence-electron chi connectivity index (χ2n) is 11.3. The van der Waals surface area contributed by atoms with E-state index in [1.165, 1.54) is 6.20 Å². The number of nitrogens with zero attached hydrogens (tertiary/aromatic N) is 6. The Hall–Kier alpha value is -3.83. The molecule has 4 rings (SSSR count). The summed E-state index contributed by atoms with van der Waals surface area (Å²) in [6.07, 6.45) is 1.17. The minimum absolute atomic E-state index is 0.243. The predicted molar refractivity (Wildman–Crippen MR) is 164 cm³/mol. The third-order valence-electron chi connectivity index (χ3n) is 6.80. The number of carbonyl (C=O) groups excluding carboxylic acids is 1. The van der Waals surface area contributed by atoms with E-state index in [1.807, 2.05) is 38.2 Å². The summed E-state index contributed by atoms with van der Waals surface area (Å²) in [6.45, 7) is 9.94. The van der Waals surface area contributed by atoms with Crippen LogP contribution in [0.25, 0.3) is 0 Å². The van der Waals surface area contributed by atoms with Gasteiger partial charge in [-0.1, -0.05) is 25.4 Å². The summed E-state index contributed by atoms with van der Waals surface area (Å²) in [6, 6.07) is 7.30. The topological polar surface area (TPSA) is 122 Å². The summed E-state index contributed by atoms with van der Waals surface area (Å²) in [5, 5.41) is 3.64. The van der Waals surface area contributed by atoms with Crippen molar-refractivity contribution >= 4 is 52.1 Å². The highest BCUT2D eigenvalue weighted by atomic mass is 35.5. The minimum Gasteiger partial charge on any atom is -0.494 e. The Morgan fingerprint density at radius 1 is 1.20 bits per heavy atom. The van der Waals surface area contributed by atoms with Crippen molar-refractivity contribution in [3.8, 4) is 5.75 Å². The Labute approximate surface area is 246 Å². The van der Waals surface area contributed by atoms with Crippen LogP contribution in [0.5, 0.6) is 5.75 Å². The van der Waals surface area contributed by atoms with E-state index in [9.17, 15) is 4.79 Å². The molecule has 3 aromatic rings. The first-order chi connectivity index (χ1) is 19.3. The number of benzene rings is 1. The number of anilines is 6. The molecule has 0 saturated heterocycles. The minimum atomic E-state index is -0.512. The number of methoxy groups -OCH3 is 1. The van der Waals surface area contributed by atoms with Gasteiger partial charge in [0.05, 0.1) is 41.7 Å². The maximum Gasteiger partial charge on any atom is 0.343 e. The Bertz CT molecular complexity index is 1430. The molecule has 0 radical (unpaired) electrons. The Morgan fingerprint density at radius 3 is 2.59 bits per heavy atom. The first kappa shape index (κ1) is 30.1. The summed E-state index contributed by atoms with van der Waals surface area (Å²) >= 11 is 6.24. The fourth-order valence-corrected chi connectivity index (χ4v) is 4.87. The number of nitrogens with two attached hydrogens (primary N) is 1. The molecule has 41 heavy (non-hydrogen) atoms. The highest BCUT2D eigenvalue weighted by molar-refractivity contribution is 6.29. The van der Waals surface area contributed by atoms with Crippen molar-refractivity contribution in [1.82, 2.24) is 19.9 Å². The zero-order chi connectivity index (χ0) is 30.1. The lowest BCUT2D eigenvalue weighted by atomic mass is 9.91. The number of aromatic nitrogens is 3. The van der Waals surface area contributed by atoms with Crippen LogP contribution < -0.4 is 25.6 Å². The van der Waals surface area contributed by atoms with E-state index in [0.717, 1.165) is 30.2 Å². The lowest BCUT2D eigenvalue weighted by Gasteiger charge is -2.25. The van der Waals surface area contributed by atoms with E-state index in [1.54, 1.807) is 33.1 Å². The van der Waals surface area contributed by atoms with Gasteiger partial charge in [-0.2, -0.15) is 4.98 Å². The largest absolute Gasteiger partial charge is 0.494 e. The third kappa shape index (κ3) is 6.57. The maximum absolute atomic E-state index is 13.1. The Balaban J connectivity index is 1.74. The number of rotatable bonds is 10. The predicted octanol–water partition coefficient (Wildman–Crippen LogP) is 4.85. The van der Waals surface area contributed by atoms with Gasteiger partial charge in [-0.25, -0.2) is 14.8 Å². The van der Waals surface area contributed by atoms with Crippen LogP contribution in [0.1, 0.15) is 43.7 Å². The van der Waals surface area contributed by atoms with Crippen LogP contribution in [0.4, 0.5) is 34.5 Å². The van der Waals surface area contributed by atoms with Crippen LogP contribution in [0.15, 0.2) is 30.5 Å². The summed E-state index contributed by atoms with van der Waals surface area (Å²) in [4.78, 5) is 33.1. The van der Waals surface area contributed by atoms with E-state index in [4.69, 9.17) is 31.8 Å². The molecule has 0 atom stereocenters. The van der Waals surface area contributed by atoms with Crippen LogP contribution in [-0.2, 0) is 10.2 Å². The van der Waals surface area contributed by atoms with Gasteiger partial charge in [0.1, 0.15) is 16.5 Å². The Kier molecular flexibility index (Phi) is 8.79. The molecule has 3 N–H and O–H groups in total. The normalized spacial score (nSPS) is 13.9. The van der Waals surface area contributed by atoms with Gasteiger partial charge in [0.15, 0.2) is 5.82 Å². The number of nitrogens with one attached hydrogen (secondary N) is 1. The molecule has 0 aliphatic carbocycles. The van der Waals surface area contributed by atoms with Crippen molar-refractivity contribution in [2.75, 3.05) is 68.7 Å². The smallest absolute Gasteiger partial charge is 0.343 e. The lowest BCUT2D eigenvalue weighted by molar-refractivity contribution is 0.0378. The summed E-state index contributed by atoms with van der Waals surface area (Å²) in [5.74, 6) is 0.726. The van der Waals surface area contributed by atoms with Gasteiger partial charge in [-0.3, -0.25) is 0 Å². The van der Waals surface area contributed by atoms with Gasteiger partial charge >= 0.3 is 5.97 Å². The molecule has 0 unspecified atom stereocenters. The molecular formula is C29H39ClN8O3. The number of esters is 1. The van der Waals surface area contributed by atoms with Crippen molar-refractivity contribution in [2.24, 2.45) is 0 Å². The molecular weight excluding hydrogens is 544 g/mol. The van der Waals surface area contributed by atoms with E-state index < -0.39 is 5.97 Å². The van der Waals surface area contributed by atoms with Gasteiger partial charge in [0, 0.05) is 44.4 Å². The molecule has 1 aliphatic heterocycles. The van der Waals surface area contributed by atoms with Gasteiger partial charge in [0.2, 0.25) is 5.95 Å². The fraction of sp³-hybridized carbons (Fsp3) is 0.448. The SMILES string of the molecule is COc1cc(N(C)CCN(C)C)c(N)cc1Nc1ncc(C(=O)OC(C)C)c(N2CC(C)(C)c3nc(Cl)ccc32)n1. The molecule has 0 amide bonds. The van der Waals surface area contributed by atoms with Crippen molar-refractivity contribution in [1.29, 1.82) is 0 Å². The van der Waals surface area contributed by atoms with E-state index in [0.29, 0.717) is 34.6 Å². The van der Waals surface area contributed by atoms with Gasteiger partial charge in [0.25, 0.3) is 0 Å². The van der Waals surface area contributed by atoms with Gasteiger partial charge in [-0.15, -0.1) is 0 Å². The second kappa shape index (κ2) is 12.0. The number of fused-ring (bicyclic) bond motifs is 1. The van der Waals surface area contributed by atoms with Crippen molar-refractivity contribution in [2.45, 2.75) is 39.2 Å². The highest BCUT2D eigenvalue weighted by Gasteiger charge is 2.40. The molecule has 0 saturated carbocycles. The monoisotopic (exact) mass is 582 g/mol. The van der Waals surface area contributed by atoms with E-state index >= 15 is 0 Å². The number of halogens is 1. The van der Waals surface area contributed by atoms with Crippen LogP contribution >= 0.6 is 11.6 Å². The Morgan fingerprint density at radius 2 is 1.93 bits per heavy atom. The van der Waals surface area contributed by atoms with Crippen LogP contribution in [0.2, 0.25) is 5.15 Å². The first-order valence-electron chi connectivity index (χ1n) is 13.4. The van der Waals surface area contributed by atoms with Gasteiger partial charge in [-0.05, 0) is 46.1 Å². The quantitative estimate of drug-likeness (QED) is 0.194. The van der Waals surface area contributed by atoms with Crippen molar-refractivity contribution in [3.05, 3.63) is 46.9 Å². The third-order valence-corrected chi connectivity index (χ3v) is 7.01. The second-order valence-corrected chi connectivity index (χ2v) is 11.7. The molecule has 3 heterocycles. The molecule has 0 spiro atoms. The van der Waals surface area contributed by atoms with Crippen molar-refractivity contribution < 1.29 is 14.3 Å². The average Bonchev–Trinajstić information content (AvgIpc) is 3.16. The molecule has 0 fully saturated rings. The molecule has 1 aliphatic rings. The molecule has 11 nitrogen and oxygen atoms in total. The molecule has 12 heteroatoms. The van der Waals surface area contributed by atoms with E-state index in [2.05, 4.69) is 38.9 Å².